The van der Waals surface area contributed by atoms with E-state index in [9.17, 15) is 4.79 Å². The number of carbonyl (C=O) groups excluding carboxylic acids is 1. The van der Waals surface area contributed by atoms with Crippen molar-refractivity contribution in [1.29, 1.82) is 0 Å². The van der Waals surface area contributed by atoms with Gasteiger partial charge in [-0.25, -0.2) is 0 Å². The summed E-state index contributed by atoms with van der Waals surface area (Å²) >= 11 is 0. The van der Waals surface area contributed by atoms with Crippen molar-refractivity contribution in [3.63, 3.8) is 0 Å². The van der Waals surface area contributed by atoms with Crippen molar-refractivity contribution >= 4 is 6.29 Å². The number of aldehydes is 1. The fourth-order valence-electron chi connectivity index (χ4n) is 1.98. The number of hydrogen-bond acceptors (Lipinski definition) is 2. The van der Waals surface area contributed by atoms with Crippen molar-refractivity contribution in [3.8, 4) is 0 Å². The molecule has 0 saturated carbocycles. The molecular weight excluding hydrogens is 152 g/mol. The molecule has 1 saturated heterocycles. The third kappa shape index (κ3) is 2.31. The first-order valence-corrected chi connectivity index (χ1v) is 4.61. The highest BCUT2D eigenvalue weighted by Gasteiger charge is 2.36. The zero-order chi connectivity index (χ0) is 9.24. The first-order valence-electron chi connectivity index (χ1n) is 4.61. The highest BCUT2D eigenvalue weighted by atomic mass is 16.5. The van der Waals surface area contributed by atoms with Gasteiger partial charge in [-0.15, -0.1) is 0 Å². The van der Waals surface area contributed by atoms with Crippen LogP contribution in [0.4, 0.5) is 0 Å². The van der Waals surface area contributed by atoms with Crippen LogP contribution >= 0.6 is 0 Å². The lowest BCUT2D eigenvalue weighted by Gasteiger charge is -2.42. The van der Waals surface area contributed by atoms with Gasteiger partial charge < -0.3 is 9.53 Å². The molecular formula is C10H18O2. The lowest BCUT2D eigenvalue weighted by molar-refractivity contribution is -0.168. The fourth-order valence-corrected chi connectivity index (χ4v) is 1.98. The summed E-state index contributed by atoms with van der Waals surface area (Å²) < 4.78 is 5.87. The van der Waals surface area contributed by atoms with Crippen LogP contribution in [0.25, 0.3) is 0 Å². The van der Waals surface area contributed by atoms with Crippen LogP contribution in [-0.4, -0.2) is 17.5 Å². The fraction of sp³-hybridized carbons (Fsp3) is 0.900. The van der Waals surface area contributed by atoms with Gasteiger partial charge in [-0.2, -0.15) is 0 Å². The molecule has 1 unspecified atom stereocenters. The zero-order valence-electron chi connectivity index (χ0n) is 8.22. The van der Waals surface area contributed by atoms with Crippen LogP contribution in [0.3, 0.4) is 0 Å². The summed E-state index contributed by atoms with van der Waals surface area (Å²) in [4.78, 5) is 10.4. The van der Waals surface area contributed by atoms with E-state index in [1.807, 2.05) is 6.92 Å². The van der Waals surface area contributed by atoms with Crippen LogP contribution in [0.15, 0.2) is 0 Å². The quantitative estimate of drug-likeness (QED) is 0.594. The molecule has 2 heteroatoms. The maximum Gasteiger partial charge on any atom is 0.122 e. The smallest absolute Gasteiger partial charge is 0.122 e. The molecule has 0 aliphatic carbocycles. The van der Waals surface area contributed by atoms with Crippen LogP contribution in [0.1, 0.15) is 46.5 Å². The average Bonchev–Trinajstić information content (AvgIpc) is 1.83. The molecule has 0 radical (unpaired) electrons. The molecule has 0 spiro atoms. The van der Waals surface area contributed by atoms with Gasteiger partial charge in [-0.3, -0.25) is 0 Å². The number of carbonyl (C=O) groups is 1. The summed E-state index contributed by atoms with van der Waals surface area (Å²) in [6, 6.07) is 0. The van der Waals surface area contributed by atoms with E-state index in [2.05, 4.69) is 13.8 Å². The monoisotopic (exact) mass is 170 g/mol. The summed E-state index contributed by atoms with van der Waals surface area (Å²) in [5.41, 5.74) is -0.250. The molecule has 1 rings (SSSR count). The molecule has 70 valence electrons. The third-order valence-corrected chi connectivity index (χ3v) is 2.52. The first kappa shape index (κ1) is 9.72. The molecule has 0 bridgehead atoms. The normalized spacial score (nSPS) is 34.6. The van der Waals surface area contributed by atoms with Gasteiger partial charge in [0.2, 0.25) is 0 Å². The summed E-state index contributed by atoms with van der Waals surface area (Å²) in [6.45, 7) is 6.22. The molecule has 2 nitrogen and oxygen atoms in total. The molecule has 12 heavy (non-hydrogen) atoms. The van der Waals surface area contributed by atoms with Crippen molar-refractivity contribution in [2.45, 2.75) is 57.7 Å². The van der Waals surface area contributed by atoms with Crippen LogP contribution in [0.2, 0.25) is 0 Å². The standard InChI is InChI=1S/C10H18O2/c1-9(2)5-4-6-10(3,12-9)7-8-11/h8H,4-7H2,1-3H3. The van der Waals surface area contributed by atoms with Crippen molar-refractivity contribution in [2.24, 2.45) is 0 Å². The van der Waals surface area contributed by atoms with Crippen molar-refractivity contribution in [1.82, 2.24) is 0 Å². The minimum Gasteiger partial charge on any atom is -0.369 e. The maximum atomic E-state index is 10.4. The van der Waals surface area contributed by atoms with Gasteiger partial charge in [-0.1, -0.05) is 0 Å². The Kier molecular flexibility index (Phi) is 2.57. The largest absolute Gasteiger partial charge is 0.369 e. The van der Waals surface area contributed by atoms with Crippen LogP contribution in [-0.2, 0) is 9.53 Å². The van der Waals surface area contributed by atoms with E-state index in [1.165, 1.54) is 0 Å². The Bertz CT molecular complexity index is 175. The summed E-state index contributed by atoms with van der Waals surface area (Å²) in [5, 5.41) is 0. The van der Waals surface area contributed by atoms with E-state index in [1.54, 1.807) is 0 Å². The van der Waals surface area contributed by atoms with Gasteiger partial charge in [0.05, 0.1) is 11.2 Å². The van der Waals surface area contributed by atoms with Gasteiger partial charge in [0.15, 0.2) is 0 Å². The highest BCUT2D eigenvalue weighted by Crippen LogP contribution is 2.36. The molecule has 1 fully saturated rings. The minimum absolute atomic E-state index is 0.0456. The molecule has 1 aliphatic heterocycles. The molecule has 0 aromatic heterocycles. The van der Waals surface area contributed by atoms with Crippen molar-refractivity contribution in [3.05, 3.63) is 0 Å². The predicted octanol–water partition coefficient (Wildman–Crippen LogP) is 2.31. The van der Waals surface area contributed by atoms with E-state index in [0.717, 1.165) is 25.5 Å². The second-order valence-electron chi connectivity index (χ2n) is 4.54. The highest BCUT2D eigenvalue weighted by molar-refractivity contribution is 5.51. The van der Waals surface area contributed by atoms with E-state index >= 15 is 0 Å². The molecule has 0 aromatic carbocycles. The molecule has 1 atom stereocenters. The molecule has 0 aromatic rings. The van der Waals surface area contributed by atoms with Crippen molar-refractivity contribution in [2.75, 3.05) is 0 Å². The van der Waals surface area contributed by atoms with E-state index in [-0.39, 0.29) is 11.2 Å². The average molecular weight is 170 g/mol. The van der Waals surface area contributed by atoms with Crippen LogP contribution < -0.4 is 0 Å². The zero-order valence-corrected chi connectivity index (χ0v) is 8.22. The van der Waals surface area contributed by atoms with Crippen LogP contribution in [0, 0.1) is 0 Å². The number of hydrogen-bond donors (Lipinski definition) is 0. The second-order valence-corrected chi connectivity index (χ2v) is 4.54. The third-order valence-electron chi connectivity index (χ3n) is 2.52. The van der Waals surface area contributed by atoms with Crippen LogP contribution in [0.5, 0.6) is 0 Å². The van der Waals surface area contributed by atoms with E-state index in [4.69, 9.17) is 4.74 Å². The summed E-state index contributed by atoms with van der Waals surface area (Å²) in [7, 11) is 0. The Morgan fingerprint density at radius 2 is 2.00 bits per heavy atom. The van der Waals surface area contributed by atoms with E-state index in [0.29, 0.717) is 6.42 Å². The first-order chi connectivity index (χ1) is 5.47. The Balaban J connectivity index is 2.60. The Hall–Kier alpha value is -0.370. The Labute approximate surface area is 74.3 Å². The minimum atomic E-state index is -0.205. The Morgan fingerprint density at radius 3 is 2.50 bits per heavy atom. The van der Waals surface area contributed by atoms with Gasteiger partial charge in [0.25, 0.3) is 0 Å². The van der Waals surface area contributed by atoms with E-state index < -0.39 is 0 Å². The molecule has 1 aliphatic rings. The van der Waals surface area contributed by atoms with Gasteiger partial charge in [-0.05, 0) is 40.0 Å². The SMILES string of the molecule is CC1(C)CCCC(C)(CC=O)O1. The predicted molar refractivity (Wildman–Crippen MR) is 48.1 cm³/mol. The number of ether oxygens (including phenoxy) is 1. The second kappa shape index (κ2) is 3.17. The number of rotatable bonds is 2. The summed E-state index contributed by atoms with van der Waals surface area (Å²) in [6.07, 6.45) is 4.76. The van der Waals surface area contributed by atoms with Gasteiger partial charge in [0.1, 0.15) is 6.29 Å². The topological polar surface area (TPSA) is 26.3 Å². The molecule has 0 N–H and O–H groups in total. The van der Waals surface area contributed by atoms with Gasteiger partial charge >= 0.3 is 0 Å². The molecule has 0 amide bonds. The maximum absolute atomic E-state index is 10.4. The lowest BCUT2D eigenvalue weighted by Crippen LogP contribution is -2.43. The Morgan fingerprint density at radius 1 is 1.33 bits per heavy atom. The van der Waals surface area contributed by atoms with Gasteiger partial charge in [0, 0.05) is 6.42 Å². The lowest BCUT2D eigenvalue weighted by atomic mass is 9.86. The molecule has 1 heterocycles. The summed E-state index contributed by atoms with van der Waals surface area (Å²) in [5.74, 6) is 0. The van der Waals surface area contributed by atoms with Crippen molar-refractivity contribution < 1.29 is 9.53 Å².